The summed E-state index contributed by atoms with van der Waals surface area (Å²) in [5.74, 6) is -0.731. The number of likely N-dealkylation sites (tertiary alicyclic amines) is 1. The van der Waals surface area contributed by atoms with E-state index in [1.165, 1.54) is 29.2 Å². The maximum Gasteiger partial charge on any atom is 0.278 e. The molecule has 3 heterocycles. The van der Waals surface area contributed by atoms with Crippen LogP contribution in [-0.2, 0) is 16.1 Å². The van der Waals surface area contributed by atoms with Gasteiger partial charge >= 0.3 is 0 Å². The first-order chi connectivity index (χ1) is 14.1. The smallest absolute Gasteiger partial charge is 0.278 e. The van der Waals surface area contributed by atoms with Gasteiger partial charge in [-0.1, -0.05) is 6.07 Å². The van der Waals surface area contributed by atoms with Crippen LogP contribution in [0.1, 0.15) is 30.5 Å². The van der Waals surface area contributed by atoms with Crippen molar-refractivity contribution < 1.29 is 14.5 Å². The predicted molar refractivity (Wildman–Crippen MR) is 105 cm³/mol. The maximum atomic E-state index is 13.3. The lowest BCUT2D eigenvalue weighted by atomic mass is 10.0. The summed E-state index contributed by atoms with van der Waals surface area (Å²) in [4.78, 5) is 44.4. The number of pyridine rings is 1. The van der Waals surface area contributed by atoms with Crippen LogP contribution >= 0.6 is 0 Å². The normalized spacial score (nSPS) is 17.2. The molecular formula is C21H20N4O4. The number of nitro benzene ring substituents is 1. The highest BCUT2D eigenvalue weighted by atomic mass is 16.6. The van der Waals surface area contributed by atoms with Gasteiger partial charge in [0, 0.05) is 31.4 Å². The van der Waals surface area contributed by atoms with E-state index < -0.39 is 10.8 Å². The van der Waals surface area contributed by atoms with Crippen molar-refractivity contribution in [3.05, 3.63) is 75.7 Å². The minimum atomic E-state index is -0.487. The van der Waals surface area contributed by atoms with Gasteiger partial charge in [-0.25, -0.2) is 0 Å². The number of nitro groups is 1. The van der Waals surface area contributed by atoms with Gasteiger partial charge in [0.15, 0.2) is 0 Å². The van der Waals surface area contributed by atoms with Gasteiger partial charge in [0.2, 0.25) is 0 Å². The van der Waals surface area contributed by atoms with Gasteiger partial charge in [-0.15, -0.1) is 0 Å². The second kappa shape index (κ2) is 7.83. The van der Waals surface area contributed by atoms with E-state index in [0.29, 0.717) is 35.6 Å². The first-order valence-electron chi connectivity index (χ1n) is 9.56. The molecule has 1 aromatic carbocycles. The summed E-state index contributed by atoms with van der Waals surface area (Å²) >= 11 is 0. The molecule has 0 N–H and O–H groups in total. The molecule has 0 aliphatic carbocycles. The number of carbonyl (C=O) groups excluding carboxylic acids is 2. The monoisotopic (exact) mass is 392 g/mol. The minimum Gasteiger partial charge on any atom is -0.366 e. The molecule has 8 nitrogen and oxygen atoms in total. The third-order valence-corrected chi connectivity index (χ3v) is 5.23. The van der Waals surface area contributed by atoms with Crippen molar-refractivity contribution in [3.8, 4) is 0 Å². The lowest BCUT2D eigenvalue weighted by Crippen LogP contribution is -2.37. The van der Waals surface area contributed by atoms with Gasteiger partial charge in [0.1, 0.15) is 5.70 Å². The van der Waals surface area contributed by atoms with Gasteiger partial charge in [-0.2, -0.15) is 0 Å². The Hall–Kier alpha value is -3.55. The van der Waals surface area contributed by atoms with E-state index in [4.69, 9.17) is 0 Å². The van der Waals surface area contributed by atoms with Crippen molar-refractivity contribution in [2.45, 2.75) is 25.8 Å². The lowest BCUT2D eigenvalue weighted by Gasteiger charge is -2.29. The first kappa shape index (κ1) is 18.8. The zero-order chi connectivity index (χ0) is 20.4. The fraction of sp³-hybridized carbons (Fsp3) is 0.286. The van der Waals surface area contributed by atoms with Crippen LogP contribution < -0.4 is 0 Å². The molecule has 0 radical (unpaired) electrons. The number of hydrogen-bond donors (Lipinski definition) is 0. The van der Waals surface area contributed by atoms with Crippen molar-refractivity contribution >= 4 is 23.1 Å². The molecule has 1 saturated heterocycles. The van der Waals surface area contributed by atoms with Crippen LogP contribution in [0.2, 0.25) is 0 Å². The number of imide groups is 1. The third kappa shape index (κ3) is 3.61. The summed E-state index contributed by atoms with van der Waals surface area (Å²) in [7, 11) is 0. The van der Waals surface area contributed by atoms with E-state index in [1.54, 1.807) is 18.3 Å². The third-order valence-electron chi connectivity index (χ3n) is 5.23. The van der Waals surface area contributed by atoms with Gasteiger partial charge in [-0.3, -0.25) is 29.6 Å². The lowest BCUT2D eigenvalue weighted by molar-refractivity contribution is -0.384. The molecule has 29 heavy (non-hydrogen) atoms. The molecule has 4 rings (SSSR count). The average Bonchev–Trinajstić information content (AvgIpc) is 3.00. The van der Waals surface area contributed by atoms with Crippen molar-refractivity contribution in [3.63, 3.8) is 0 Å². The van der Waals surface area contributed by atoms with Gasteiger partial charge in [0.05, 0.1) is 22.7 Å². The van der Waals surface area contributed by atoms with Crippen molar-refractivity contribution in [2.24, 2.45) is 0 Å². The van der Waals surface area contributed by atoms with Crippen LogP contribution in [0, 0.1) is 10.1 Å². The van der Waals surface area contributed by atoms with E-state index in [9.17, 15) is 19.7 Å². The second-order valence-corrected chi connectivity index (χ2v) is 7.09. The summed E-state index contributed by atoms with van der Waals surface area (Å²) in [5, 5.41) is 11.0. The number of piperidine rings is 1. The highest BCUT2D eigenvalue weighted by molar-refractivity contribution is 6.35. The number of benzene rings is 1. The molecule has 2 aromatic rings. The van der Waals surface area contributed by atoms with Crippen LogP contribution in [0.3, 0.4) is 0 Å². The summed E-state index contributed by atoms with van der Waals surface area (Å²) in [6, 6.07) is 11.1. The fourth-order valence-electron chi connectivity index (χ4n) is 3.78. The Morgan fingerprint density at radius 2 is 1.69 bits per heavy atom. The maximum absolute atomic E-state index is 13.3. The fourth-order valence-corrected chi connectivity index (χ4v) is 3.78. The topological polar surface area (TPSA) is 96.6 Å². The molecule has 1 fully saturated rings. The quantitative estimate of drug-likeness (QED) is 0.441. The number of rotatable bonds is 5. The zero-order valence-corrected chi connectivity index (χ0v) is 15.8. The van der Waals surface area contributed by atoms with Crippen LogP contribution in [-0.4, -0.2) is 44.6 Å². The number of aromatic nitrogens is 1. The molecule has 0 spiro atoms. The molecule has 0 bridgehead atoms. The second-order valence-electron chi connectivity index (χ2n) is 7.09. The molecule has 2 aliphatic heterocycles. The highest BCUT2D eigenvalue weighted by Gasteiger charge is 2.41. The van der Waals surface area contributed by atoms with Crippen LogP contribution in [0.15, 0.2) is 54.4 Å². The molecule has 2 aliphatic rings. The van der Waals surface area contributed by atoms with Gasteiger partial charge < -0.3 is 4.90 Å². The Morgan fingerprint density at radius 3 is 2.31 bits per heavy atom. The Morgan fingerprint density at radius 1 is 0.966 bits per heavy atom. The first-order valence-corrected chi connectivity index (χ1v) is 9.56. The van der Waals surface area contributed by atoms with Gasteiger partial charge in [0.25, 0.3) is 17.5 Å². The molecule has 2 amide bonds. The van der Waals surface area contributed by atoms with Crippen LogP contribution in [0.25, 0.3) is 5.57 Å². The van der Waals surface area contributed by atoms with Gasteiger partial charge in [-0.05, 0) is 49.1 Å². The summed E-state index contributed by atoms with van der Waals surface area (Å²) in [6.07, 6.45) is 4.63. The summed E-state index contributed by atoms with van der Waals surface area (Å²) in [5.41, 5.74) is 1.77. The Bertz CT molecular complexity index is 980. The molecule has 0 saturated carbocycles. The molecule has 0 atom stereocenters. The Balaban J connectivity index is 1.73. The molecule has 8 heteroatoms. The highest BCUT2D eigenvalue weighted by Crippen LogP contribution is 2.34. The van der Waals surface area contributed by atoms with E-state index in [2.05, 4.69) is 4.98 Å². The summed E-state index contributed by atoms with van der Waals surface area (Å²) in [6.45, 7) is 1.51. The predicted octanol–water partition coefficient (Wildman–Crippen LogP) is 2.76. The number of nitrogens with zero attached hydrogens (tertiary/aromatic N) is 4. The number of non-ortho nitro benzene ring substituents is 1. The molecule has 148 valence electrons. The Labute approximate surface area is 167 Å². The van der Waals surface area contributed by atoms with E-state index in [1.807, 2.05) is 11.0 Å². The number of carbonyl (C=O) groups is 2. The van der Waals surface area contributed by atoms with Crippen molar-refractivity contribution in [1.29, 1.82) is 0 Å². The largest absolute Gasteiger partial charge is 0.366 e. The standard InChI is InChI=1S/C21H20N4O4/c26-20-18(15-7-9-17(10-8-15)25(28)29)19(23-12-4-1-5-13-23)21(27)24(20)14-16-6-2-3-11-22-16/h2-3,6-11H,1,4-5,12-14H2. The molecule has 1 aromatic heterocycles. The van der Waals surface area contributed by atoms with E-state index in [0.717, 1.165) is 19.3 Å². The Kier molecular flexibility index (Phi) is 5.07. The van der Waals surface area contributed by atoms with Crippen molar-refractivity contribution in [1.82, 2.24) is 14.8 Å². The van der Waals surface area contributed by atoms with Crippen LogP contribution in [0.4, 0.5) is 5.69 Å². The number of hydrogen-bond acceptors (Lipinski definition) is 6. The van der Waals surface area contributed by atoms with E-state index >= 15 is 0 Å². The average molecular weight is 392 g/mol. The minimum absolute atomic E-state index is 0.0593. The van der Waals surface area contributed by atoms with Crippen LogP contribution in [0.5, 0.6) is 0 Å². The SMILES string of the molecule is O=C1C(c2ccc([N+](=O)[O-])cc2)=C(N2CCCCC2)C(=O)N1Cc1ccccn1. The number of amides is 2. The van der Waals surface area contributed by atoms with Crippen molar-refractivity contribution in [2.75, 3.05) is 13.1 Å². The molecule has 0 unspecified atom stereocenters. The zero-order valence-electron chi connectivity index (χ0n) is 15.8. The molecular weight excluding hydrogens is 372 g/mol. The summed E-state index contributed by atoms with van der Waals surface area (Å²) < 4.78 is 0. The van der Waals surface area contributed by atoms with E-state index in [-0.39, 0.29) is 18.1 Å².